The van der Waals surface area contributed by atoms with Gasteiger partial charge in [-0.2, -0.15) is 5.10 Å². The van der Waals surface area contributed by atoms with Gasteiger partial charge < -0.3 is 5.32 Å². The van der Waals surface area contributed by atoms with Crippen LogP contribution in [0.15, 0.2) is 30.6 Å². The summed E-state index contributed by atoms with van der Waals surface area (Å²) in [5.41, 5.74) is 0.812. The van der Waals surface area contributed by atoms with E-state index in [1.54, 1.807) is 23.0 Å². The average Bonchev–Trinajstić information content (AvgIpc) is 2.97. The smallest absolute Gasteiger partial charge is 0.218 e. The molecular weight excluding hydrogens is 256 g/mol. The molecule has 3 heterocycles. The lowest BCUT2D eigenvalue weighted by Gasteiger charge is -2.07. The Balaban J connectivity index is 1.80. The molecule has 0 amide bonds. The lowest BCUT2D eigenvalue weighted by molar-refractivity contribution is 0.0956. The fourth-order valence-corrected chi connectivity index (χ4v) is 2.11. The SMILES string of the molecule is O=C(c1nc(Nc2ccn[nH]2)c2cccn2n1)C1CC1. The summed E-state index contributed by atoms with van der Waals surface area (Å²) in [5.74, 6) is 1.70. The van der Waals surface area contributed by atoms with Gasteiger partial charge in [0.25, 0.3) is 0 Å². The summed E-state index contributed by atoms with van der Waals surface area (Å²) < 4.78 is 1.67. The van der Waals surface area contributed by atoms with E-state index in [2.05, 4.69) is 25.6 Å². The number of carbonyl (C=O) groups is 1. The van der Waals surface area contributed by atoms with E-state index in [0.717, 1.165) is 24.2 Å². The molecule has 1 aliphatic carbocycles. The fraction of sp³-hybridized carbons (Fsp3) is 0.231. The molecule has 0 aromatic carbocycles. The topological polar surface area (TPSA) is 88.0 Å². The van der Waals surface area contributed by atoms with Gasteiger partial charge in [0, 0.05) is 18.2 Å². The maximum absolute atomic E-state index is 12.1. The van der Waals surface area contributed by atoms with E-state index < -0.39 is 0 Å². The van der Waals surface area contributed by atoms with Crippen molar-refractivity contribution in [2.24, 2.45) is 5.92 Å². The third-order valence-corrected chi connectivity index (χ3v) is 3.31. The zero-order valence-corrected chi connectivity index (χ0v) is 10.6. The molecule has 0 atom stereocenters. The van der Waals surface area contributed by atoms with E-state index in [0.29, 0.717) is 5.82 Å². The third kappa shape index (κ3) is 1.83. The molecule has 0 unspecified atom stereocenters. The molecule has 1 aliphatic rings. The number of H-pyrrole nitrogens is 1. The molecule has 20 heavy (non-hydrogen) atoms. The minimum absolute atomic E-state index is 0.0215. The number of fused-ring (bicyclic) bond motifs is 1. The van der Waals surface area contributed by atoms with Gasteiger partial charge in [0.15, 0.2) is 5.82 Å². The van der Waals surface area contributed by atoms with Crippen LogP contribution in [0.1, 0.15) is 23.5 Å². The van der Waals surface area contributed by atoms with Crippen LogP contribution < -0.4 is 5.32 Å². The number of nitrogens with zero attached hydrogens (tertiary/aromatic N) is 4. The number of hydrogen-bond donors (Lipinski definition) is 2. The van der Waals surface area contributed by atoms with Crippen molar-refractivity contribution in [3.05, 3.63) is 36.4 Å². The standard InChI is InChI=1S/C13H12N6O/c20-11(8-3-4-8)13-16-12(15-10-5-6-14-17-10)9-2-1-7-19(9)18-13/h1-2,5-8H,3-4H2,(H2,14,15,16,17,18). The third-order valence-electron chi connectivity index (χ3n) is 3.31. The van der Waals surface area contributed by atoms with E-state index in [1.807, 2.05) is 12.1 Å². The van der Waals surface area contributed by atoms with Gasteiger partial charge in [-0.15, -0.1) is 5.10 Å². The van der Waals surface area contributed by atoms with Crippen LogP contribution in [0, 0.1) is 5.92 Å². The molecule has 0 saturated heterocycles. The Morgan fingerprint density at radius 1 is 1.40 bits per heavy atom. The van der Waals surface area contributed by atoms with Crippen molar-refractivity contribution in [2.75, 3.05) is 5.32 Å². The summed E-state index contributed by atoms with van der Waals surface area (Å²) in [6.45, 7) is 0. The highest BCUT2D eigenvalue weighted by Gasteiger charge is 2.33. The van der Waals surface area contributed by atoms with Crippen molar-refractivity contribution in [1.29, 1.82) is 0 Å². The van der Waals surface area contributed by atoms with Gasteiger partial charge in [0.1, 0.15) is 11.3 Å². The van der Waals surface area contributed by atoms with Crippen LogP contribution in [-0.2, 0) is 0 Å². The number of aromatic nitrogens is 5. The first kappa shape index (κ1) is 11.2. The molecular formula is C13H12N6O. The van der Waals surface area contributed by atoms with Crippen molar-refractivity contribution >= 4 is 22.9 Å². The first-order chi connectivity index (χ1) is 9.81. The number of Topliss-reactive ketones (excluding diaryl/α,β-unsaturated/α-hetero) is 1. The zero-order chi connectivity index (χ0) is 13.5. The van der Waals surface area contributed by atoms with Crippen LogP contribution in [-0.4, -0.2) is 30.6 Å². The molecule has 3 aromatic heterocycles. The summed E-state index contributed by atoms with van der Waals surface area (Å²) in [6.07, 6.45) is 5.33. The number of nitrogens with one attached hydrogen (secondary N) is 2. The number of aromatic amines is 1. The number of rotatable bonds is 4. The summed E-state index contributed by atoms with van der Waals surface area (Å²) in [5, 5.41) is 14.1. The Morgan fingerprint density at radius 2 is 2.30 bits per heavy atom. The normalized spacial score (nSPS) is 14.6. The molecule has 0 spiro atoms. The maximum Gasteiger partial charge on any atom is 0.218 e. The molecule has 0 radical (unpaired) electrons. The summed E-state index contributed by atoms with van der Waals surface area (Å²) >= 11 is 0. The summed E-state index contributed by atoms with van der Waals surface area (Å²) in [6, 6.07) is 5.56. The van der Waals surface area contributed by atoms with E-state index >= 15 is 0 Å². The highest BCUT2D eigenvalue weighted by molar-refractivity contribution is 5.96. The molecule has 0 bridgehead atoms. The molecule has 3 aromatic rings. The second-order valence-corrected chi connectivity index (χ2v) is 4.86. The van der Waals surface area contributed by atoms with Gasteiger partial charge in [0.05, 0.1) is 6.20 Å². The van der Waals surface area contributed by atoms with E-state index in [4.69, 9.17) is 0 Å². The average molecular weight is 268 g/mol. The minimum Gasteiger partial charge on any atom is -0.323 e. The van der Waals surface area contributed by atoms with Crippen LogP contribution >= 0.6 is 0 Å². The number of ketones is 1. The van der Waals surface area contributed by atoms with E-state index in [9.17, 15) is 4.79 Å². The fourth-order valence-electron chi connectivity index (χ4n) is 2.11. The zero-order valence-electron chi connectivity index (χ0n) is 10.6. The molecule has 7 heteroatoms. The Morgan fingerprint density at radius 3 is 3.05 bits per heavy atom. The van der Waals surface area contributed by atoms with Gasteiger partial charge in [0.2, 0.25) is 11.6 Å². The van der Waals surface area contributed by atoms with Crippen molar-refractivity contribution < 1.29 is 4.79 Å². The molecule has 2 N–H and O–H groups in total. The van der Waals surface area contributed by atoms with Crippen molar-refractivity contribution in [2.45, 2.75) is 12.8 Å². The molecule has 0 aliphatic heterocycles. The van der Waals surface area contributed by atoms with Gasteiger partial charge in [-0.1, -0.05) is 0 Å². The van der Waals surface area contributed by atoms with Crippen LogP contribution in [0.25, 0.3) is 5.52 Å². The van der Waals surface area contributed by atoms with Crippen molar-refractivity contribution in [1.82, 2.24) is 24.8 Å². The molecule has 1 fully saturated rings. The number of anilines is 2. The predicted octanol–water partition coefficient (Wildman–Crippen LogP) is 1.79. The van der Waals surface area contributed by atoms with Crippen LogP contribution in [0.4, 0.5) is 11.6 Å². The lowest BCUT2D eigenvalue weighted by Crippen LogP contribution is -2.12. The van der Waals surface area contributed by atoms with Crippen molar-refractivity contribution in [3.63, 3.8) is 0 Å². The largest absolute Gasteiger partial charge is 0.323 e. The quantitative estimate of drug-likeness (QED) is 0.704. The molecule has 7 nitrogen and oxygen atoms in total. The summed E-state index contributed by atoms with van der Waals surface area (Å²) in [4.78, 5) is 16.5. The maximum atomic E-state index is 12.1. The van der Waals surface area contributed by atoms with Crippen molar-refractivity contribution in [3.8, 4) is 0 Å². The first-order valence-electron chi connectivity index (χ1n) is 6.47. The minimum atomic E-state index is 0.0215. The predicted molar refractivity (Wildman–Crippen MR) is 71.9 cm³/mol. The highest BCUT2D eigenvalue weighted by Crippen LogP contribution is 2.32. The van der Waals surface area contributed by atoms with Crippen LogP contribution in [0.3, 0.4) is 0 Å². The van der Waals surface area contributed by atoms with Gasteiger partial charge in [-0.05, 0) is 25.0 Å². The lowest BCUT2D eigenvalue weighted by atomic mass is 10.2. The molecule has 1 saturated carbocycles. The molecule has 4 rings (SSSR count). The number of hydrogen-bond acceptors (Lipinski definition) is 5. The number of carbonyl (C=O) groups excluding carboxylic acids is 1. The van der Waals surface area contributed by atoms with Gasteiger partial charge >= 0.3 is 0 Å². The Bertz CT molecular complexity index is 771. The van der Waals surface area contributed by atoms with E-state index in [-0.39, 0.29) is 17.5 Å². The van der Waals surface area contributed by atoms with E-state index in [1.165, 1.54) is 0 Å². The first-order valence-corrected chi connectivity index (χ1v) is 6.47. The monoisotopic (exact) mass is 268 g/mol. The Hall–Kier alpha value is -2.70. The van der Waals surface area contributed by atoms with Crippen LogP contribution in [0.5, 0.6) is 0 Å². The molecule has 100 valence electrons. The van der Waals surface area contributed by atoms with Crippen LogP contribution in [0.2, 0.25) is 0 Å². The summed E-state index contributed by atoms with van der Waals surface area (Å²) in [7, 11) is 0. The second-order valence-electron chi connectivity index (χ2n) is 4.86. The Labute approximate surface area is 114 Å². The highest BCUT2D eigenvalue weighted by atomic mass is 16.1. The Kier molecular flexibility index (Phi) is 2.32. The van der Waals surface area contributed by atoms with Gasteiger partial charge in [-0.25, -0.2) is 9.50 Å². The van der Waals surface area contributed by atoms with Gasteiger partial charge in [-0.3, -0.25) is 9.89 Å². The second kappa shape index (κ2) is 4.16.